The molecule has 0 spiro atoms. The molecular formula is C27H30N2O5S2. The highest BCUT2D eigenvalue weighted by molar-refractivity contribution is 7.12. The summed E-state index contributed by atoms with van der Waals surface area (Å²) in [7, 11) is 1.62. The van der Waals surface area contributed by atoms with Gasteiger partial charge < -0.3 is 24.0 Å². The normalized spacial score (nSPS) is 19.1. The Hall–Kier alpha value is -2.88. The smallest absolute Gasteiger partial charge is 0.264 e. The van der Waals surface area contributed by atoms with Crippen molar-refractivity contribution in [3.63, 3.8) is 0 Å². The second kappa shape index (κ2) is 11.5. The van der Waals surface area contributed by atoms with Crippen molar-refractivity contribution in [1.29, 1.82) is 0 Å². The maximum absolute atomic E-state index is 13.7. The first-order valence-corrected chi connectivity index (χ1v) is 14.0. The van der Waals surface area contributed by atoms with Crippen molar-refractivity contribution in [3.05, 3.63) is 68.5 Å². The second-order valence-corrected chi connectivity index (χ2v) is 10.9. The molecule has 0 aliphatic carbocycles. The number of methoxy groups -OCH3 is 1. The Morgan fingerprint density at radius 1 is 1.14 bits per heavy atom. The van der Waals surface area contributed by atoms with Crippen LogP contribution in [0.3, 0.4) is 0 Å². The Bertz CT molecular complexity index is 1170. The van der Waals surface area contributed by atoms with E-state index in [-0.39, 0.29) is 30.5 Å². The zero-order valence-corrected chi connectivity index (χ0v) is 21.9. The summed E-state index contributed by atoms with van der Waals surface area (Å²) in [6.45, 7) is 2.07. The molecule has 2 atom stereocenters. The first kappa shape index (κ1) is 24.8. The van der Waals surface area contributed by atoms with Gasteiger partial charge in [0.15, 0.2) is 0 Å². The van der Waals surface area contributed by atoms with Crippen LogP contribution in [0.5, 0.6) is 11.5 Å². The summed E-state index contributed by atoms with van der Waals surface area (Å²) in [6, 6.07) is 13.0. The van der Waals surface area contributed by atoms with Gasteiger partial charge in [0.25, 0.3) is 5.91 Å². The molecular weight excluding hydrogens is 496 g/mol. The number of benzene rings is 1. The SMILES string of the molecule is COc1cccc(OC[C@@H]2c3ccsc3CCN2C(=O)CN(C[C@@H]2CCCO2)C(=O)c2cccs2)c1. The maximum Gasteiger partial charge on any atom is 0.264 e. The van der Waals surface area contributed by atoms with E-state index in [4.69, 9.17) is 14.2 Å². The lowest BCUT2D eigenvalue weighted by molar-refractivity contribution is -0.135. The molecule has 1 aromatic carbocycles. The van der Waals surface area contributed by atoms with Crippen LogP contribution in [0.15, 0.2) is 53.2 Å². The molecule has 190 valence electrons. The lowest BCUT2D eigenvalue weighted by atomic mass is 10.0. The molecule has 5 rings (SSSR count). The number of rotatable bonds is 9. The van der Waals surface area contributed by atoms with Crippen LogP contribution in [0.4, 0.5) is 0 Å². The van der Waals surface area contributed by atoms with E-state index in [9.17, 15) is 9.59 Å². The van der Waals surface area contributed by atoms with Gasteiger partial charge in [-0.3, -0.25) is 9.59 Å². The van der Waals surface area contributed by atoms with Gasteiger partial charge in [0, 0.05) is 30.6 Å². The van der Waals surface area contributed by atoms with Crippen molar-refractivity contribution >= 4 is 34.5 Å². The van der Waals surface area contributed by atoms with Gasteiger partial charge in [-0.25, -0.2) is 0 Å². The Morgan fingerprint density at radius 2 is 2.03 bits per heavy atom. The van der Waals surface area contributed by atoms with Crippen molar-refractivity contribution < 1.29 is 23.8 Å². The highest BCUT2D eigenvalue weighted by atomic mass is 32.1. The van der Waals surface area contributed by atoms with Crippen molar-refractivity contribution in [2.45, 2.75) is 31.4 Å². The van der Waals surface area contributed by atoms with Crippen molar-refractivity contribution in [3.8, 4) is 11.5 Å². The topological polar surface area (TPSA) is 68.3 Å². The Labute approximate surface area is 219 Å². The molecule has 2 aliphatic heterocycles. The Balaban J connectivity index is 1.33. The summed E-state index contributed by atoms with van der Waals surface area (Å²) < 4.78 is 17.3. The summed E-state index contributed by atoms with van der Waals surface area (Å²) in [6.07, 6.45) is 2.66. The zero-order chi connectivity index (χ0) is 24.9. The predicted molar refractivity (Wildman–Crippen MR) is 140 cm³/mol. The van der Waals surface area contributed by atoms with Crippen molar-refractivity contribution in [2.75, 3.05) is 40.0 Å². The number of nitrogens with zero attached hydrogens (tertiary/aromatic N) is 2. The summed E-state index contributed by atoms with van der Waals surface area (Å²) in [5.41, 5.74) is 1.12. The number of carbonyl (C=O) groups is 2. The molecule has 2 aromatic heterocycles. The van der Waals surface area contributed by atoms with E-state index in [1.807, 2.05) is 46.7 Å². The highest BCUT2D eigenvalue weighted by Gasteiger charge is 2.34. The van der Waals surface area contributed by atoms with Crippen molar-refractivity contribution in [1.82, 2.24) is 9.80 Å². The second-order valence-electron chi connectivity index (χ2n) is 8.94. The van der Waals surface area contributed by atoms with Crippen LogP contribution in [0.25, 0.3) is 0 Å². The minimum absolute atomic E-state index is 0.0196. The number of ether oxygens (including phenoxy) is 3. The number of hydrogen-bond acceptors (Lipinski definition) is 7. The quantitative estimate of drug-likeness (QED) is 0.406. The average molecular weight is 527 g/mol. The first-order valence-electron chi connectivity index (χ1n) is 12.2. The number of amides is 2. The molecule has 4 heterocycles. The third-order valence-corrected chi connectivity index (χ3v) is 8.51. The monoisotopic (exact) mass is 526 g/mol. The molecule has 0 saturated carbocycles. The highest BCUT2D eigenvalue weighted by Crippen LogP contribution is 2.34. The van der Waals surface area contributed by atoms with E-state index in [1.165, 1.54) is 16.2 Å². The minimum atomic E-state index is -0.222. The minimum Gasteiger partial charge on any atom is -0.497 e. The van der Waals surface area contributed by atoms with Crippen LogP contribution in [0, 0.1) is 0 Å². The summed E-state index contributed by atoms with van der Waals surface area (Å²) in [4.78, 5) is 32.5. The number of hydrogen-bond donors (Lipinski definition) is 0. The molecule has 1 saturated heterocycles. The molecule has 0 radical (unpaired) electrons. The third kappa shape index (κ3) is 5.58. The fourth-order valence-electron chi connectivity index (χ4n) is 4.80. The van der Waals surface area contributed by atoms with E-state index in [2.05, 4.69) is 11.4 Å². The van der Waals surface area contributed by atoms with Gasteiger partial charge >= 0.3 is 0 Å². The lowest BCUT2D eigenvalue weighted by Crippen LogP contribution is -2.49. The largest absolute Gasteiger partial charge is 0.497 e. The summed E-state index contributed by atoms with van der Waals surface area (Å²) in [5.74, 6) is 1.22. The summed E-state index contributed by atoms with van der Waals surface area (Å²) in [5, 5.41) is 3.95. The van der Waals surface area contributed by atoms with Crippen LogP contribution in [-0.2, 0) is 16.0 Å². The summed E-state index contributed by atoms with van der Waals surface area (Å²) >= 11 is 3.11. The van der Waals surface area contributed by atoms with Gasteiger partial charge in [-0.15, -0.1) is 22.7 Å². The molecule has 0 unspecified atom stereocenters. The van der Waals surface area contributed by atoms with Gasteiger partial charge in [0.05, 0.1) is 24.1 Å². The molecule has 1 fully saturated rings. The molecule has 2 amide bonds. The van der Waals surface area contributed by atoms with Crippen molar-refractivity contribution in [2.24, 2.45) is 0 Å². The fraction of sp³-hybridized carbons (Fsp3) is 0.407. The number of fused-ring (bicyclic) bond motifs is 1. The van der Waals surface area contributed by atoms with Crippen LogP contribution in [0.1, 0.15) is 39.0 Å². The fourth-order valence-corrected chi connectivity index (χ4v) is 6.42. The van der Waals surface area contributed by atoms with Crippen LogP contribution < -0.4 is 9.47 Å². The van der Waals surface area contributed by atoms with Crippen LogP contribution in [-0.4, -0.2) is 67.7 Å². The van der Waals surface area contributed by atoms with E-state index in [1.54, 1.807) is 23.3 Å². The number of thiophene rings is 2. The first-order chi connectivity index (χ1) is 17.6. The molecule has 0 N–H and O–H groups in total. The Kier molecular flexibility index (Phi) is 7.89. The maximum atomic E-state index is 13.7. The molecule has 0 bridgehead atoms. The van der Waals surface area contributed by atoms with Gasteiger partial charge in [-0.05, 0) is 59.9 Å². The lowest BCUT2D eigenvalue weighted by Gasteiger charge is -2.37. The zero-order valence-electron chi connectivity index (χ0n) is 20.3. The van der Waals surface area contributed by atoms with Gasteiger partial charge in [-0.2, -0.15) is 0 Å². The van der Waals surface area contributed by atoms with Gasteiger partial charge in [0.2, 0.25) is 5.91 Å². The van der Waals surface area contributed by atoms with E-state index in [0.717, 1.165) is 30.6 Å². The van der Waals surface area contributed by atoms with E-state index >= 15 is 0 Å². The van der Waals surface area contributed by atoms with E-state index < -0.39 is 0 Å². The standard InChI is InChI=1S/C27H30N2O5S2/c1-32-19-5-2-6-20(15-19)34-18-23-22-10-14-36-24(22)9-11-29(23)26(30)17-28(16-21-7-3-12-33-21)27(31)25-8-4-13-35-25/h2,4-6,8,10,13-15,21,23H,3,7,9,11-12,16-18H2,1H3/t21-,23+/m0/s1. The van der Waals surface area contributed by atoms with Crippen LogP contribution in [0.2, 0.25) is 0 Å². The van der Waals surface area contributed by atoms with Crippen LogP contribution >= 0.6 is 22.7 Å². The predicted octanol–water partition coefficient (Wildman–Crippen LogP) is 4.64. The average Bonchev–Trinajstić information content (AvgIpc) is 3.69. The Morgan fingerprint density at radius 3 is 2.81 bits per heavy atom. The molecule has 3 aromatic rings. The molecule has 9 heteroatoms. The van der Waals surface area contributed by atoms with Gasteiger partial charge in [0.1, 0.15) is 24.7 Å². The van der Waals surface area contributed by atoms with Gasteiger partial charge in [-0.1, -0.05) is 12.1 Å². The molecule has 2 aliphatic rings. The molecule has 36 heavy (non-hydrogen) atoms. The third-order valence-electron chi connectivity index (χ3n) is 6.66. The number of carbonyl (C=O) groups excluding carboxylic acids is 2. The molecule has 7 nitrogen and oxygen atoms in total. The van der Waals surface area contributed by atoms with E-state index in [0.29, 0.717) is 36.9 Å².